The molecule has 0 radical (unpaired) electrons. The molecule has 0 N–H and O–H groups in total. The third-order valence-electron chi connectivity index (χ3n) is 1.15. The van der Waals surface area contributed by atoms with Gasteiger partial charge >= 0.3 is 12.1 Å². The number of carbonyl (C=O) groups is 1. The molecule has 13 heavy (non-hydrogen) atoms. The average Bonchev–Trinajstić information content (AvgIpc) is 2.02. The predicted molar refractivity (Wildman–Crippen MR) is 41.1 cm³/mol. The quantitative estimate of drug-likeness (QED) is 0.392. The first-order valence-electron chi connectivity index (χ1n) is 3.87. The van der Waals surface area contributed by atoms with Crippen LogP contribution in [0, 0.1) is 0 Å². The molecule has 0 saturated carbocycles. The van der Waals surface area contributed by atoms with Crippen LogP contribution in [0.5, 0.6) is 0 Å². The summed E-state index contributed by atoms with van der Waals surface area (Å²) in [6.07, 6.45) is -0.289. The molecule has 0 atom stereocenters. The van der Waals surface area contributed by atoms with Gasteiger partial charge in [-0.05, 0) is 12.8 Å². The molecule has 0 aliphatic rings. The zero-order valence-corrected chi connectivity index (χ0v) is 7.23. The van der Waals surface area contributed by atoms with Gasteiger partial charge in [0.15, 0.2) is 0 Å². The predicted octanol–water partition coefficient (Wildman–Crippen LogP) is 2.45. The fourth-order valence-corrected chi connectivity index (χ4v) is 0.586. The van der Waals surface area contributed by atoms with Crippen molar-refractivity contribution >= 4 is 5.97 Å². The third kappa shape index (κ3) is 6.19. The van der Waals surface area contributed by atoms with Crippen LogP contribution >= 0.6 is 0 Å². The summed E-state index contributed by atoms with van der Waals surface area (Å²) in [6.45, 7) is 1.67. The van der Waals surface area contributed by atoms with Crippen LogP contribution in [0.25, 0.3) is 0 Å². The molecular formula is C8H11F3O2. The first-order chi connectivity index (χ1) is 5.98. The van der Waals surface area contributed by atoms with E-state index in [0.717, 1.165) is 6.42 Å². The van der Waals surface area contributed by atoms with E-state index in [1.165, 1.54) is 0 Å². The molecule has 0 aliphatic heterocycles. The summed E-state index contributed by atoms with van der Waals surface area (Å²) in [5.41, 5.74) is 0. The molecule has 0 aromatic rings. The Kier molecular flexibility index (Phi) is 5.18. The van der Waals surface area contributed by atoms with Crippen molar-refractivity contribution in [3.05, 3.63) is 12.2 Å². The summed E-state index contributed by atoms with van der Waals surface area (Å²) in [4.78, 5) is 10.1. The molecule has 0 saturated heterocycles. The zero-order valence-electron chi connectivity index (χ0n) is 7.23. The minimum Gasteiger partial charge on any atom is -0.459 e. The Balaban J connectivity index is 3.55. The second-order valence-corrected chi connectivity index (χ2v) is 2.30. The van der Waals surface area contributed by atoms with Gasteiger partial charge in [-0.1, -0.05) is 19.1 Å². The highest BCUT2D eigenvalue weighted by Gasteiger charge is 2.40. The van der Waals surface area contributed by atoms with Gasteiger partial charge in [0.25, 0.3) is 0 Å². The molecule has 2 nitrogen and oxygen atoms in total. The molecule has 0 amide bonds. The van der Waals surface area contributed by atoms with Crippen molar-refractivity contribution in [3.63, 3.8) is 0 Å². The number of hydrogen-bond donors (Lipinski definition) is 0. The summed E-state index contributed by atoms with van der Waals surface area (Å²) in [5, 5.41) is 0. The molecule has 0 rings (SSSR count). The summed E-state index contributed by atoms with van der Waals surface area (Å²) in [5.74, 6) is -2.13. The van der Waals surface area contributed by atoms with Gasteiger partial charge in [-0.2, -0.15) is 13.2 Å². The second-order valence-electron chi connectivity index (χ2n) is 2.30. The van der Waals surface area contributed by atoms with Gasteiger partial charge in [-0.3, -0.25) is 0 Å². The van der Waals surface area contributed by atoms with Crippen molar-refractivity contribution in [2.45, 2.75) is 25.9 Å². The highest BCUT2D eigenvalue weighted by molar-refractivity contribution is 5.75. The van der Waals surface area contributed by atoms with E-state index < -0.39 is 12.1 Å². The Labute approximate surface area is 74.4 Å². The lowest BCUT2D eigenvalue weighted by atomic mass is 10.3. The van der Waals surface area contributed by atoms with Gasteiger partial charge in [-0.15, -0.1) is 0 Å². The second kappa shape index (κ2) is 5.61. The monoisotopic (exact) mass is 196 g/mol. The van der Waals surface area contributed by atoms with E-state index in [1.54, 1.807) is 12.2 Å². The molecule has 0 heterocycles. The normalized spacial score (nSPS) is 12.0. The first-order valence-corrected chi connectivity index (χ1v) is 3.87. The van der Waals surface area contributed by atoms with Gasteiger partial charge in [0.2, 0.25) is 0 Å². The lowest BCUT2D eigenvalue weighted by Crippen LogP contribution is -2.25. The number of hydrogen-bond acceptors (Lipinski definition) is 2. The van der Waals surface area contributed by atoms with Crippen LogP contribution in [0.3, 0.4) is 0 Å². The maximum absolute atomic E-state index is 11.5. The van der Waals surface area contributed by atoms with Crippen LogP contribution in [-0.2, 0) is 9.53 Å². The zero-order chi connectivity index (χ0) is 10.3. The maximum Gasteiger partial charge on any atom is 0.490 e. The van der Waals surface area contributed by atoms with E-state index in [9.17, 15) is 18.0 Å². The van der Waals surface area contributed by atoms with Crippen molar-refractivity contribution in [2.24, 2.45) is 0 Å². The van der Waals surface area contributed by atoms with E-state index in [4.69, 9.17) is 0 Å². The fourth-order valence-electron chi connectivity index (χ4n) is 0.586. The van der Waals surface area contributed by atoms with Gasteiger partial charge in [0.1, 0.15) is 0 Å². The lowest BCUT2D eigenvalue weighted by molar-refractivity contribution is -0.199. The number of esters is 1. The molecule has 0 fully saturated rings. The van der Waals surface area contributed by atoms with E-state index in [2.05, 4.69) is 4.74 Å². The van der Waals surface area contributed by atoms with E-state index in [0.29, 0.717) is 6.42 Å². The third-order valence-corrected chi connectivity index (χ3v) is 1.15. The van der Waals surface area contributed by atoms with Crippen molar-refractivity contribution < 1.29 is 22.7 Å². The largest absolute Gasteiger partial charge is 0.490 e. The van der Waals surface area contributed by atoms with Gasteiger partial charge in [0, 0.05) is 0 Å². The first kappa shape index (κ1) is 12.0. The average molecular weight is 196 g/mol. The molecule has 0 spiro atoms. The standard InChI is InChI=1S/C8H11F3O2/c1-2-3-4-5-6-13-7(12)8(9,10)11/h3-4H,2,5-6H2,1H3/b4-3+. The smallest absolute Gasteiger partial charge is 0.459 e. The summed E-state index contributed by atoms with van der Waals surface area (Å²) in [7, 11) is 0. The van der Waals surface area contributed by atoms with Crippen LogP contribution in [0.1, 0.15) is 19.8 Å². The Hall–Kier alpha value is -1.00. The number of alkyl halides is 3. The SMILES string of the molecule is CC/C=C/CCOC(=O)C(F)(F)F. The van der Waals surface area contributed by atoms with E-state index in [1.807, 2.05) is 6.92 Å². The number of carbonyl (C=O) groups excluding carboxylic acids is 1. The molecule has 0 aromatic carbocycles. The van der Waals surface area contributed by atoms with Crippen LogP contribution in [-0.4, -0.2) is 18.8 Å². The van der Waals surface area contributed by atoms with Crippen molar-refractivity contribution in [1.29, 1.82) is 0 Å². The molecule has 76 valence electrons. The minimum absolute atomic E-state index is 0.227. The summed E-state index contributed by atoms with van der Waals surface area (Å²) in [6, 6.07) is 0. The number of allylic oxidation sites excluding steroid dienone is 1. The fraction of sp³-hybridized carbons (Fsp3) is 0.625. The maximum atomic E-state index is 11.5. The summed E-state index contributed by atoms with van der Waals surface area (Å²) >= 11 is 0. The van der Waals surface area contributed by atoms with E-state index in [-0.39, 0.29) is 6.61 Å². The molecular weight excluding hydrogens is 185 g/mol. The van der Waals surface area contributed by atoms with Gasteiger partial charge in [-0.25, -0.2) is 4.79 Å². The topological polar surface area (TPSA) is 26.3 Å². The molecule has 5 heteroatoms. The molecule has 0 unspecified atom stereocenters. The van der Waals surface area contributed by atoms with Gasteiger partial charge < -0.3 is 4.74 Å². The van der Waals surface area contributed by atoms with Crippen LogP contribution in [0.15, 0.2) is 12.2 Å². The van der Waals surface area contributed by atoms with E-state index >= 15 is 0 Å². The van der Waals surface area contributed by atoms with Crippen LogP contribution in [0.4, 0.5) is 13.2 Å². The molecule has 0 bridgehead atoms. The Morgan fingerprint density at radius 2 is 2.00 bits per heavy atom. The molecule has 0 aromatic heterocycles. The van der Waals surface area contributed by atoms with Crippen molar-refractivity contribution in [2.75, 3.05) is 6.61 Å². The molecule has 0 aliphatic carbocycles. The summed E-state index contributed by atoms with van der Waals surface area (Å²) < 4.78 is 38.5. The van der Waals surface area contributed by atoms with Gasteiger partial charge in [0.05, 0.1) is 6.61 Å². The van der Waals surface area contributed by atoms with Crippen molar-refractivity contribution in [1.82, 2.24) is 0 Å². The van der Waals surface area contributed by atoms with Crippen molar-refractivity contribution in [3.8, 4) is 0 Å². The Morgan fingerprint density at radius 3 is 2.46 bits per heavy atom. The highest BCUT2D eigenvalue weighted by atomic mass is 19.4. The number of ether oxygens (including phenoxy) is 1. The number of rotatable bonds is 4. The number of halogens is 3. The lowest BCUT2D eigenvalue weighted by Gasteiger charge is -2.04. The Bertz CT molecular complexity index is 184. The van der Waals surface area contributed by atoms with Crippen LogP contribution in [0.2, 0.25) is 0 Å². The highest BCUT2D eigenvalue weighted by Crippen LogP contribution is 2.16. The van der Waals surface area contributed by atoms with Crippen LogP contribution < -0.4 is 0 Å². The Morgan fingerprint density at radius 1 is 1.38 bits per heavy atom. The minimum atomic E-state index is -4.88.